The summed E-state index contributed by atoms with van der Waals surface area (Å²) in [5.74, 6) is 0. The molecule has 0 radical (unpaired) electrons. The van der Waals surface area contributed by atoms with E-state index in [2.05, 4.69) is 0 Å². The van der Waals surface area contributed by atoms with Gasteiger partial charge >= 0.3 is 12.4 Å². The maximum Gasteiger partial charge on any atom is 0.389 e. The van der Waals surface area contributed by atoms with Crippen molar-refractivity contribution < 1.29 is 26.3 Å². The molecule has 1 rings (SSSR count). The Bertz CT molecular complexity index is 433. The Morgan fingerprint density at radius 3 is 1.67 bits per heavy atom. The molecule has 1 aromatic carbocycles. The summed E-state index contributed by atoms with van der Waals surface area (Å²) in [4.78, 5) is 1.59. The SMILES string of the molecule is CC.Cc1cccc(N(CCCC(F)(F)F)CCCC(F)(F)F)c1. The van der Waals surface area contributed by atoms with Gasteiger partial charge in [0.25, 0.3) is 0 Å². The van der Waals surface area contributed by atoms with E-state index in [4.69, 9.17) is 0 Å². The van der Waals surface area contributed by atoms with Gasteiger partial charge in [0.05, 0.1) is 0 Å². The van der Waals surface area contributed by atoms with E-state index in [0.29, 0.717) is 5.69 Å². The van der Waals surface area contributed by atoms with Crippen LogP contribution in [0.15, 0.2) is 24.3 Å². The number of halogens is 6. The van der Waals surface area contributed by atoms with Gasteiger partial charge in [0, 0.05) is 31.6 Å². The largest absolute Gasteiger partial charge is 0.389 e. The van der Waals surface area contributed by atoms with Crippen LogP contribution < -0.4 is 4.90 Å². The van der Waals surface area contributed by atoms with Gasteiger partial charge in [-0.25, -0.2) is 0 Å². The Hall–Kier alpha value is -1.40. The van der Waals surface area contributed by atoms with Crippen molar-refractivity contribution in [2.75, 3.05) is 18.0 Å². The van der Waals surface area contributed by atoms with Crippen molar-refractivity contribution in [3.05, 3.63) is 29.8 Å². The minimum atomic E-state index is -4.25. The molecule has 0 aliphatic rings. The third kappa shape index (κ3) is 11.2. The molecule has 7 heteroatoms. The normalized spacial score (nSPS) is 11.7. The van der Waals surface area contributed by atoms with Crippen molar-refractivity contribution in [3.8, 4) is 0 Å². The number of hydrogen-bond donors (Lipinski definition) is 0. The predicted octanol–water partition coefficient (Wildman–Crippen LogP) is 6.51. The number of alkyl halides is 6. The van der Waals surface area contributed by atoms with Crippen LogP contribution in [0.3, 0.4) is 0 Å². The minimum Gasteiger partial charge on any atom is -0.372 e. The summed E-state index contributed by atoms with van der Waals surface area (Å²) in [5, 5.41) is 0. The van der Waals surface area contributed by atoms with Gasteiger partial charge in [-0.1, -0.05) is 26.0 Å². The lowest BCUT2D eigenvalue weighted by molar-refractivity contribution is -0.135. The summed E-state index contributed by atoms with van der Waals surface area (Å²) >= 11 is 0. The van der Waals surface area contributed by atoms with Gasteiger partial charge in [-0.15, -0.1) is 0 Å². The van der Waals surface area contributed by atoms with Crippen LogP contribution >= 0.6 is 0 Å². The Morgan fingerprint density at radius 1 is 0.833 bits per heavy atom. The zero-order valence-corrected chi connectivity index (χ0v) is 14.3. The fourth-order valence-corrected chi connectivity index (χ4v) is 2.14. The van der Waals surface area contributed by atoms with Crippen LogP contribution in [0.2, 0.25) is 0 Å². The third-order valence-corrected chi connectivity index (χ3v) is 3.14. The van der Waals surface area contributed by atoms with Crippen LogP contribution in [0, 0.1) is 6.92 Å². The van der Waals surface area contributed by atoms with Crippen molar-refractivity contribution in [3.63, 3.8) is 0 Å². The summed E-state index contributed by atoms with van der Waals surface area (Å²) < 4.78 is 73.3. The quantitative estimate of drug-likeness (QED) is 0.503. The number of rotatable bonds is 7. The molecular weight excluding hydrogens is 332 g/mol. The van der Waals surface area contributed by atoms with Gasteiger partial charge in [-0.3, -0.25) is 0 Å². The van der Waals surface area contributed by atoms with E-state index < -0.39 is 25.2 Å². The molecular formula is C17H25F6N. The van der Waals surface area contributed by atoms with E-state index in [1.54, 1.807) is 23.1 Å². The minimum absolute atomic E-state index is 0.0841. The lowest BCUT2D eigenvalue weighted by Gasteiger charge is -2.26. The fourth-order valence-electron chi connectivity index (χ4n) is 2.14. The highest BCUT2D eigenvalue weighted by Gasteiger charge is 2.28. The van der Waals surface area contributed by atoms with Crippen LogP contribution in [-0.2, 0) is 0 Å². The highest BCUT2D eigenvalue weighted by Crippen LogP contribution is 2.25. The molecule has 0 N–H and O–H groups in total. The standard InChI is InChI=1S/C15H19F6N.C2H6/c1-12-5-2-6-13(11-12)22(9-3-7-14(16,17)18)10-4-8-15(19,20)21;1-2/h2,5-6,11H,3-4,7-10H2,1H3;1-2H3. The Kier molecular flexibility index (Phi) is 9.85. The highest BCUT2D eigenvalue weighted by molar-refractivity contribution is 5.48. The molecule has 0 saturated heterocycles. The molecule has 0 unspecified atom stereocenters. The molecule has 1 nitrogen and oxygen atoms in total. The number of aryl methyl sites for hydroxylation is 1. The van der Waals surface area contributed by atoms with Gasteiger partial charge in [-0.2, -0.15) is 26.3 Å². The van der Waals surface area contributed by atoms with Gasteiger partial charge in [0.15, 0.2) is 0 Å². The lowest BCUT2D eigenvalue weighted by Crippen LogP contribution is -2.27. The second kappa shape index (κ2) is 10.5. The van der Waals surface area contributed by atoms with Gasteiger partial charge in [-0.05, 0) is 37.5 Å². The molecule has 1 aromatic rings. The van der Waals surface area contributed by atoms with Gasteiger partial charge in [0.1, 0.15) is 0 Å². The van der Waals surface area contributed by atoms with E-state index in [9.17, 15) is 26.3 Å². The molecule has 0 fully saturated rings. The zero-order valence-electron chi connectivity index (χ0n) is 14.3. The monoisotopic (exact) mass is 357 g/mol. The maximum atomic E-state index is 12.2. The number of anilines is 1. The molecule has 0 aliphatic heterocycles. The molecule has 0 aliphatic carbocycles. The Morgan fingerprint density at radius 2 is 1.29 bits per heavy atom. The second-order valence-electron chi connectivity index (χ2n) is 5.26. The maximum absolute atomic E-state index is 12.2. The smallest absolute Gasteiger partial charge is 0.372 e. The number of benzene rings is 1. The van der Waals surface area contributed by atoms with E-state index in [-0.39, 0.29) is 25.9 Å². The molecule has 0 spiro atoms. The Balaban J connectivity index is 0.00000254. The zero-order chi connectivity index (χ0) is 18.8. The summed E-state index contributed by atoms with van der Waals surface area (Å²) in [5.41, 5.74) is 1.57. The van der Waals surface area contributed by atoms with E-state index in [0.717, 1.165) is 5.56 Å². The summed E-state index contributed by atoms with van der Waals surface area (Å²) in [7, 11) is 0. The molecule has 0 aromatic heterocycles. The van der Waals surface area contributed by atoms with Crippen LogP contribution in [0.25, 0.3) is 0 Å². The van der Waals surface area contributed by atoms with Crippen molar-refractivity contribution >= 4 is 5.69 Å². The van der Waals surface area contributed by atoms with E-state index in [1.165, 1.54) is 0 Å². The highest BCUT2D eigenvalue weighted by atomic mass is 19.4. The first-order chi connectivity index (χ1) is 11.1. The molecule has 0 saturated carbocycles. The molecule has 140 valence electrons. The molecule has 0 atom stereocenters. The predicted molar refractivity (Wildman–Crippen MR) is 85.3 cm³/mol. The van der Waals surface area contributed by atoms with Crippen molar-refractivity contribution in [1.29, 1.82) is 0 Å². The summed E-state index contributed by atoms with van der Waals surface area (Å²) in [6.07, 6.45) is -10.6. The van der Waals surface area contributed by atoms with Crippen molar-refractivity contribution in [2.24, 2.45) is 0 Å². The molecule has 0 heterocycles. The summed E-state index contributed by atoms with van der Waals surface area (Å²) in [6, 6.07) is 7.04. The van der Waals surface area contributed by atoms with E-state index >= 15 is 0 Å². The average molecular weight is 357 g/mol. The van der Waals surface area contributed by atoms with Crippen molar-refractivity contribution in [1.82, 2.24) is 0 Å². The number of nitrogens with zero attached hydrogens (tertiary/aromatic N) is 1. The Labute approximate surface area is 139 Å². The fraction of sp³-hybridized carbons (Fsp3) is 0.647. The third-order valence-electron chi connectivity index (χ3n) is 3.14. The lowest BCUT2D eigenvalue weighted by atomic mass is 10.1. The van der Waals surface area contributed by atoms with Crippen LogP contribution in [0.1, 0.15) is 45.1 Å². The second-order valence-corrected chi connectivity index (χ2v) is 5.26. The molecule has 0 amide bonds. The van der Waals surface area contributed by atoms with Crippen molar-refractivity contribution in [2.45, 2.75) is 58.8 Å². The first-order valence-electron chi connectivity index (χ1n) is 8.02. The van der Waals surface area contributed by atoms with Crippen LogP contribution in [0.4, 0.5) is 32.0 Å². The van der Waals surface area contributed by atoms with Crippen LogP contribution in [0.5, 0.6) is 0 Å². The van der Waals surface area contributed by atoms with Crippen LogP contribution in [-0.4, -0.2) is 25.4 Å². The first-order valence-corrected chi connectivity index (χ1v) is 8.02. The molecule has 0 bridgehead atoms. The number of hydrogen-bond acceptors (Lipinski definition) is 1. The van der Waals surface area contributed by atoms with E-state index in [1.807, 2.05) is 26.8 Å². The average Bonchev–Trinajstić information content (AvgIpc) is 2.45. The van der Waals surface area contributed by atoms with Gasteiger partial charge < -0.3 is 4.90 Å². The summed E-state index contributed by atoms with van der Waals surface area (Å²) in [6.45, 7) is 5.99. The topological polar surface area (TPSA) is 3.24 Å². The first kappa shape index (κ1) is 22.6. The molecule has 24 heavy (non-hydrogen) atoms. The van der Waals surface area contributed by atoms with Gasteiger partial charge in [0.2, 0.25) is 0 Å².